The monoisotopic (exact) mass is 295 g/mol. The maximum atomic E-state index is 6.08. The standard InChI is InChI=1S/C14H18ClN3S/c1-9(10-5-6-19-8-10)16-12-7-11(15)17-13(18-12)14(2,3)4/h5-9H,1-4H3,(H,16,17,18). The first kappa shape index (κ1) is 14.3. The SMILES string of the molecule is CC(Nc1cc(Cl)nc(C(C)(C)C)n1)c1ccsc1. The minimum Gasteiger partial charge on any atom is -0.363 e. The summed E-state index contributed by atoms with van der Waals surface area (Å²) in [5, 5.41) is 8.04. The number of thiophene rings is 1. The van der Waals surface area contributed by atoms with Gasteiger partial charge in [-0.25, -0.2) is 9.97 Å². The molecule has 2 heterocycles. The van der Waals surface area contributed by atoms with Gasteiger partial charge in [0, 0.05) is 11.5 Å². The van der Waals surface area contributed by atoms with Crippen molar-refractivity contribution in [2.45, 2.75) is 39.2 Å². The van der Waals surface area contributed by atoms with Crippen LogP contribution in [-0.2, 0) is 5.41 Å². The first-order valence-electron chi connectivity index (χ1n) is 6.20. The molecule has 0 bridgehead atoms. The zero-order chi connectivity index (χ0) is 14.0. The molecule has 1 N–H and O–H groups in total. The third-order valence-corrected chi connectivity index (χ3v) is 3.67. The van der Waals surface area contributed by atoms with Crippen LogP contribution in [0.15, 0.2) is 22.9 Å². The fraction of sp³-hybridized carbons (Fsp3) is 0.429. The summed E-state index contributed by atoms with van der Waals surface area (Å²) >= 11 is 7.77. The van der Waals surface area contributed by atoms with Gasteiger partial charge in [0.1, 0.15) is 16.8 Å². The lowest BCUT2D eigenvalue weighted by atomic mass is 9.96. The molecule has 0 radical (unpaired) electrons. The Bertz CT molecular complexity index is 546. The second-order valence-electron chi connectivity index (χ2n) is 5.57. The molecular formula is C14H18ClN3S. The Morgan fingerprint density at radius 3 is 2.63 bits per heavy atom. The van der Waals surface area contributed by atoms with E-state index in [4.69, 9.17) is 11.6 Å². The van der Waals surface area contributed by atoms with Crippen LogP contribution >= 0.6 is 22.9 Å². The number of rotatable bonds is 3. The lowest BCUT2D eigenvalue weighted by Crippen LogP contribution is -2.18. The molecule has 2 aromatic rings. The van der Waals surface area contributed by atoms with E-state index >= 15 is 0 Å². The largest absolute Gasteiger partial charge is 0.363 e. The maximum Gasteiger partial charge on any atom is 0.137 e. The number of nitrogens with one attached hydrogen (secondary N) is 1. The van der Waals surface area contributed by atoms with Gasteiger partial charge in [0.05, 0.1) is 6.04 Å². The lowest BCUT2D eigenvalue weighted by Gasteiger charge is -2.19. The van der Waals surface area contributed by atoms with E-state index in [1.54, 1.807) is 17.4 Å². The summed E-state index contributed by atoms with van der Waals surface area (Å²) in [6.45, 7) is 8.33. The van der Waals surface area contributed by atoms with Gasteiger partial charge < -0.3 is 5.32 Å². The molecule has 0 aliphatic carbocycles. The molecule has 102 valence electrons. The molecule has 0 fully saturated rings. The summed E-state index contributed by atoms with van der Waals surface area (Å²) in [6, 6.07) is 4.07. The van der Waals surface area contributed by atoms with Gasteiger partial charge in [0.25, 0.3) is 0 Å². The minimum atomic E-state index is -0.118. The topological polar surface area (TPSA) is 37.8 Å². The molecule has 3 nitrogen and oxygen atoms in total. The number of nitrogens with zero attached hydrogens (tertiary/aromatic N) is 2. The number of aromatic nitrogens is 2. The average Bonchev–Trinajstić information content (AvgIpc) is 2.80. The van der Waals surface area contributed by atoms with Gasteiger partial charge in [0.15, 0.2) is 0 Å². The highest BCUT2D eigenvalue weighted by molar-refractivity contribution is 7.07. The van der Waals surface area contributed by atoms with E-state index in [1.807, 2.05) is 0 Å². The smallest absolute Gasteiger partial charge is 0.137 e. The summed E-state index contributed by atoms with van der Waals surface area (Å²) < 4.78 is 0. The fourth-order valence-electron chi connectivity index (χ4n) is 1.65. The van der Waals surface area contributed by atoms with Crippen LogP contribution < -0.4 is 5.32 Å². The van der Waals surface area contributed by atoms with Crippen LogP contribution in [0.2, 0.25) is 5.15 Å². The molecule has 19 heavy (non-hydrogen) atoms. The van der Waals surface area contributed by atoms with Gasteiger partial charge in [-0.2, -0.15) is 11.3 Å². The molecule has 0 aliphatic rings. The molecule has 0 spiro atoms. The van der Waals surface area contributed by atoms with E-state index in [-0.39, 0.29) is 11.5 Å². The molecule has 2 rings (SSSR count). The fourth-order valence-corrected chi connectivity index (χ4v) is 2.59. The van der Waals surface area contributed by atoms with Crippen molar-refractivity contribution < 1.29 is 0 Å². The van der Waals surface area contributed by atoms with Crippen LogP contribution in [0.1, 0.15) is 45.1 Å². The van der Waals surface area contributed by atoms with E-state index in [9.17, 15) is 0 Å². The molecule has 0 aliphatic heterocycles. The van der Waals surface area contributed by atoms with Crippen LogP contribution in [0.5, 0.6) is 0 Å². The van der Waals surface area contributed by atoms with Crippen molar-refractivity contribution in [3.8, 4) is 0 Å². The number of hydrogen-bond acceptors (Lipinski definition) is 4. The van der Waals surface area contributed by atoms with Gasteiger partial charge in [-0.1, -0.05) is 32.4 Å². The quantitative estimate of drug-likeness (QED) is 0.837. The second-order valence-corrected chi connectivity index (χ2v) is 6.74. The molecule has 0 saturated heterocycles. The molecule has 0 saturated carbocycles. The van der Waals surface area contributed by atoms with Crippen LogP contribution in [0.3, 0.4) is 0 Å². The second kappa shape index (κ2) is 5.47. The van der Waals surface area contributed by atoms with E-state index < -0.39 is 0 Å². The van der Waals surface area contributed by atoms with E-state index in [1.165, 1.54) is 5.56 Å². The van der Waals surface area contributed by atoms with Crippen molar-refractivity contribution in [2.24, 2.45) is 0 Å². The van der Waals surface area contributed by atoms with Crippen molar-refractivity contribution in [3.05, 3.63) is 39.4 Å². The molecule has 1 unspecified atom stereocenters. The van der Waals surface area contributed by atoms with Crippen LogP contribution in [0.25, 0.3) is 0 Å². The Hall–Kier alpha value is -1.13. The predicted octanol–water partition coefficient (Wildman–Crippen LogP) is 4.66. The first-order chi connectivity index (χ1) is 8.86. The van der Waals surface area contributed by atoms with E-state index in [0.29, 0.717) is 5.15 Å². The third-order valence-electron chi connectivity index (χ3n) is 2.77. The van der Waals surface area contributed by atoms with Crippen molar-refractivity contribution in [2.75, 3.05) is 5.32 Å². The molecule has 0 aromatic carbocycles. The average molecular weight is 296 g/mol. The van der Waals surface area contributed by atoms with Crippen molar-refractivity contribution >= 4 is 28.8 Å². The third kappa shape index (κ3) is 3.67. The Labute approximate surface area is 123 Å². The number of halogens is 1. The summed E-state index contributed by atoms with van der Waals surface area (Å²) in [5.41, 5.74) is 1.13. The van der Waals surface area contributed by atoms with E-state index in [0.717, 1.165) is 11.6 Å². The van der Waals surface area contributed by atoms with Gasteiger partial charge >= 0.3 is 0 Å². The van der Waals surface area contributed by atoms with Crippen LogP contribution in [-0.4, -0.2) is 9.97 Å². The molecule has 2 aromatic heterocycles. The predicted molar refractivity (Wildman–Crippen MR) is 82.1 cm³/mol. The summed E-state index contributed by atoms with van der Waals surface area (Å²) in [4.78, 5) is 8.84. The zero-order valence-corrected chi connectivity index (χ0v) is 13.1. The lowest BCUT2D eigenvalue weighted by molar-refractivity contribution is 0.545. The Morgan fingerprint density at radius 1 is 1.32 bits per heavy atom. The van der Waals surface area contributed by atoms with Gasteiger partial charge in [0.2, 0.25) is 0 Å². The van der Waals surface area contributed by atoms with Crippen molar-refractivity contribution in [3.63, 3.8) is 0 Å². The molecule has 1 atom stereocenters. The van der Waals surface area contributed by atoms with Crippen molar-refractivity contribution in [1.82, 2.24) is 9.97 Å². The number of hydrogen-bond donors (Lipinski definition) is 1. The van der Waals surface area contributed by atoms with Gasteiger partial charge in [-0.05, 0) is 29.3 Å². The summed E-state index contributed by atoms with van der Waals surface area (Å²) in [6.07, 6.45) is 0. The first-order valence-corrected chi connectivity index (χ1v) is 7.52. The Kier molecular flexibility index (Phi) is 4.11. The molecule has 0 amide bonds. The highest BCUT2D eigenvalue weighted by atomic mass is 35.5. The number of anilines is 1. The van der Waals surface area contributed by atoms with Gasteiger partial charge in [-0.3, -0.25) is 0 Å². The van der Waals surface area contributed by atoms with Crippen LogP contribution in [0.4, 0.5) is 5.82 Å². The highest BCUT2D eigenvalue weighted by Gasteiger charge is 2.19. The summed E-state index contributed by atoms with van der Waals surface area (Å²) in [5.74, 6) is 1.52. The summed E-state index contributed by atoms with van der Waals surface area (Å²) in [7, 11) is 0. The van der Waals surface area contributed by atoms with Gasteiger partial charge in [-0.15, -0.1) is 0 Å². The zero-order valence-electron chi connectivity index (χ0n) is 11.6. The highest BCUT2D eigenvalue weighted by Crippen LogP contribution is 2.25. The van der Waals surface area contributed by atoms with Crippen LogP contribution in [0, 0.1) is 0 Å². The maximum absolute atomic E-state index is 6.08. The minimum absolute atomic E-state index is 0.118. The van der Waals surface area contributed by atoms with Crippen molar-refractivity contribution in [1.29, 1.82) is 0 Å². The normalized spacial score (nSPS) is 13.3. The molecule has 5 heteroatoms. The Balaban J connectivity index is 2.23. The Morgan fingerprint density at radius 2 is 2.05 bits per heavy atom. The molecular weight excluding hydrogens is 278 g/mol. The van der Waals surface area contributed by atoms with E-state index in [2.05, 4.69) is 59.8 Å².